The Morgan fingerprint density at radius 1 is 0.925 bits per heavy atom. The molecule has 1 aliphatic rings. The summed E-state index contributed by atoms with van der Waals surface area (Å²) in [7, 11) is 3.17. The summed E-state index contributed by atoms with van der Waals surface area (Å²) in [4.78, 5) is 26.8. The van der Waals surface area contributed by atoms with Crippen molar-refractivity contribution in [3.63, 3.8) is 0 Å². The Bertz CT molecular complexity index is 1500. The molecule has 5 rings (SSSR count). The zero-order chi connectivity index (χ0) is 28.3. The van der Waals surface area contributed by atoms with Gasteiger partial charge in [0.1, 0.15) is 29.4 Å². The third-order valence-electron chi connectivity index (χ3n) is 7.09. The second-order valence-corrected chi connectivity index (χ2v) is 9.36. The van der Waals surface area contributed by atoms with Gasteiger partial charge in [-0.15, -0.1) is 0 Å². The number of benzene rings is 3. The van der Waals surface area contributed by atoms with E-state index in [4.69, 9.17) is 18.9 Å². The minimum Gasteiger partial charge on any atom is -0.497 e. The molecule has 3 atom stereocenters. The van der Waals surface area contributed by atoms with E-state index in [0.29, 0.717) is 22.3 Å². The standard InChI is InChI=1S/C30H29FN2O7/c1-37-22-12-8-20(9-13-22)30(19-6-4-3-5-7-19,21-10-14-23(38-2)15-11-21)39-18-26-25(34)16-27(40-26)33-28(35)24(31)17-32-29(33)36/h3-15,17,25-27,34H,16,18H2,1-2H3,(H,32,36)/t25-,26+,27+/m0/s1. The van der Waals surface area contributed by atoms with Gasteiger partial charge in [-0.3, -0.25) is 4.79 Å². The van der Waals surface area contributed by atoms with Crippen LogP contribution in [0, 0.1) is 5.82 Å². The van der Waals surface area contributed by atoms with Crippen molar-refractivity contribution in [1.29, 1.82) is 0 Å². The molecule has 2 N–H and O–H groups in total. The third-order valence-corrected chi connectivity index (χ3v) is 7.09. The van der Waals surface area contributed by atoms with Crippen LogP contribution in [0.5, 0.6) is 11.5 Å². The lowest BCUT2D eigenvalue weighted by atomic mass is 9.80. The number of hydrogen-bond donors (Lipinski definition) is 2. The summed E-state index contributed by atoms with van der Waals surface area (Å²) in [5.74, 6) is 0.215. The van der Waals surface area contributed by atoms with E-state index in [-0.39, 0.29) is 13.0 Å². The molecule has 0 saturated carbocycles. The Hall–Kier alpha value is -4.25. The van der Waals surface area contributed by atoms with Gasteiger partial charge in [0.15, 0.2) is 0 Å². The molecule has 0 unspecified atom stereocenters. The van der Waals surface area contributed by atoms with Crippen molar-refractivity contribution < 1.29 is 28.4 Å². The average molecular weight is 549 g/mol. The topological polar surface area (TPSA) is 112 Å². The summed E-state index contributed by atoms with van der Waals surface area (Å²) in [6.07, 6.45) is -2.56. The molecule has 0 amide bonds. The van der Waals surface area contributed by atoms with E-state index in [1.807, 2.05) is 78.9 Å². The lowest BCUT2D eigenvalue weighted by Crippen LogP contribution is -2.40. The van der Waals surface area contributed by atoms with Crippen LogP contribution in [0.1, 0.15) is 29.3 Å². The fourth-order valence-electron chi connectivity index (χ4n) is 5.03. The maximum atomic E-state index is 13.9. The molecule has 3 aromatic carbocycles. The first-order valence-corrected chi connectivity index (χ1v) is 12.7. The number of nitrogens with zero attached hydrogens (tertiary/aromatic N) is 1. The van der Waals surface area contributed by atoms with Crippen molar-refractivity contribution in [2.24, 2.45) is 0 Å². The van der Waals surface area contributed by atoms with Gasteiger partial charge >= 0.3 is 5.69 Å². The highest BCUT2D eigenvalue weighted by atomic mass is 19.1. The van der Waals surface area contributed by atoms with Gasteiger partial charge < -0.3 is 29.0 Å². The van der Waals surface area contributed by atoms with Gasteiger partial charge in [0.2, 0.25) is 5.82 Å². The zero-order valence-corrected chi connectivity index (χ0v) is 22.0. The van der Waals surface area contributed by atoms with Crippen LogP contribution in [0.3, 0.4) is 0 Å². The lowest BCUT2D eigenvalue weighted by molar-refractivity contribution is -0.0950. The molecule has 9 nitrogen and oxygen atoms in total. The van der Waals surface area contributed by atoms with Crippen molar-refractivity contribution in [3.8, 4) is 11.5 Å². The molecule has 1 aliphatic heterocycles. The first-order valence-electron chi connectivity index (χ1n) is 12.7. The molecule has 1 saturated heterocycles. The number of H-pyrrole nitrogens is 1. The van der Waals surface area contributed by atoms with E-state index in [0.717, 1.165) is 16.7 Å². The van der Waals surface area contributed by atoms with Crippen molar-refractivity contribution >= 4 is 0 Å². The number of aliphatic hydroxyl groups is 1. The maximum absolute atomic E-state index is 13.9. The number of rotatable bonds is 9. The molecular weight excluding hydrogens is 519 g/mol. The highest BCUT2D eigenvalue weighted by molar-refractivity contribution is 5.49. The molecule has 1 fully saturated rings. The van der Waals surface area contributed by atoms with Gasteiger partial charge in [-0.1, -0.05) is 54.6 Å². The van der Waals surface area contributed by atoms with Crippen LogP contribution in [0.15, 0.2) is 94.6 Å². The molecular formula is C30H29FN2O7. The number of hydrogen-bond acceptors (Lipinski definition) is 7. The number of halogens is 1. The smallest absolute Gasteiger partial charge is 0.330 e. The number of nitrogens with one attached hydrogen (secondary N) is 1. The SMILES string of the molecule is COc1ccc(C(OC[C@H]2O[C@@H](n3c(=O)[nH]cc(F)c3=O)C[C@@H]2O)(c2ccccc2)c2ccc(OC)cc2)cc1. The Labute approximate surface area is 229 Å². The van der Waals surface area contributed by atoms with Gasteiger partial charge in [-0.25, -0.2) is 9.36 Å². The number of ether oxygens (including phenoxy) is 4. The second kappa shape index (κ2) is 11.5. The van der Waals surface area contributed by atoms with Gasteiger partial charge in [-0.05, 0) is 41.0 Å². The minimum atomic E-state index is -1.16. The van der Waals surface area contributed by atoms with Crippen molar-refractivity contribution in [1.82, 2.24) is 9.55 Å². The molecule has 4 aromatic rings. The monoisotopic (exact) mass is 548 g/mol. The van der Waals surface area contributed by atoms with Gasteiger partial charge in [0.05, 0.1) is 26.9 Å². The Kier molecular flexibility index (Phi) is 7.83. The molecule has 2 heterocycles. The summed E-state index contributed by atoms with van der Waals surface area (Å²) in [5.41, 5.74) is -0.739. The van der Waals surface area contributed by atoms with E-state index < -0.39 is 41.1 Å². The van der Waals surface area contributed by atoms with Crippen LogP contribution in [0.4, 0.5) is 4.39 Å². The van der Waals surface area contributed by atoms with E-state index in [1.165, 1.54) is 0 Å². The first-order chi connectivity index (χ1) is 19.4. The molecule has 10 heteroatoms. The number of methoxy groups -OCH3 is 2. The van der Waals surface area contributed by atoms with E-state index in [9.17, 15) is 19.1 Å². The van der Waals surface area contributed by atoms with E-state index in [2.05, 4.69) is 4.98 Å². The van der Waals surface area contributed by atoms with Gasteiger partial charge in [0.25, 0.3) is 5.56 Å². The highest BCUT2D eigenvalue weighted by Crippen LogP contribution is 2.42. The van der Waals surface area contributed by atoms with Crippen molar-refractivity contribution in [2.75, 3.05) is 20.8 Å². The Morgan fingerprint density at radius 2 is 1.48 bits per heavy atom. The lowest BCUT2D eigenvalue weighted by Gasteiger charge is -2.37. The van der Waals surface area contributed by atoms with Gasteiger partial charge in [-0.2, -0.15) is 4.39 Å². The number of aliphatic hydroxyl groups excluding tert-OH is 1. The summed E-state index contributed by atoms with van der Waals surface area (Å²) < 4.78 is 37.9. The summed E-state index contributed by atoms with van der Waals surface area (Å²) in [6, 6.07) is 24.5. The molecule has 1 aromatic heterocycles. The molecule has 0 aliphatic carbocycles. The predicted molar refractivity (Wildman–Crippen MR) is 144 cm³/mol. The van der Waals surface area contributed by atoms with Crippen molar-refractivity contribution in [3.05, 3.63) is 128 Å². The average Bonchev–Trinajstić information content (AvgIpc) is 3.36. The third kappa shape index (κ3) is 5.04. The number of aromatic amines is 1. The van der Waals surface area contributed by atoms with E-state index >= 15 is 0 Å². The van der Waals surface area contributed by atoms with Crippen LogP contribution in [0.25, 0.3) is 0 Å². The molecule has 0 bridgehead atoms. The molecule has 208 valence electrons. The zero-order valence-electron chi connectivity index (χ0n) is 22.0. The quantitative estimate of drug-likeness (QED) is 0.309. The highest BCUT2D eigenvalue weighted by Gasteiger charge is 2.42. The molecule has 0 radical (unpaired) electrons. The Morgan fingerprint density at radius 3 is 2.02 bits per heavy atom. The first kappa shape index (κ1) is 27.3. The van der Waals surface area contributed by atoms with Gasteiger partial charge in [0, 0.05) is 12.6 Å². The predicted octanol–water partition coefficient (Wildman–Crippen LogP) is 3.35. The van der Waals surface area contributed by atoms with Crippen LogP contribution in [0.2, 0.25) is 0 Å². The maximum Gasteiger partial charge on any atom is 0.330 e. The number of aromatic nitrogens is 2. The van der Waals surface area contributed by atoms with Crippen LogP contribution in [-0.2, 0) is 15.1 Å². The van der Waals surface area contributed by atoms with Crippen molar-refractivity contribution in [2.45, 2.75) is 30.5 Å². The minimum absolute atomic E-state index is 0.0934. The largest absolute Gasteiger partial charge is 0.497 e. The Balaban J connectivity index is 1.55. The van der Waals surface area contributed by atoms with Crippen LogP contribution >= 0.6 is 0 Å². The summed E-state index contributed by atoms with van der Waals surface area (Å²) in [5, 5.41) is 10.9. The molecule has 0 spiro atoms. The fraction of sp³-hybridized carbons (Fsp3) is 0.267. The second-order valence-electron chi connectivity index (χ2n) is 9.36. The molecule has 40 heavy (non-hydrogen) atoms. The van der Waals surface area contributed by atoms with Crippen LogP contribution < -0.4 is 20.7 Å². The summed E-state index contributed by atoms with van der Waals surface area (Å²) >= 11 is 0. The van der Waals surface area contributed by atoms with E-state index in [1.54, 1.807) is 14.2 Å². The van der Waals surface area contributed by atoms with Crippen LogP contribution in [-0.4, -0.2) is 47.7 Å². The summed E-state index contributed by atoms with van der Waals surface area (Å²) in [6.45, 7) is -0.118. The normalized spacial score (nSPS) is 18.9. The fourth-order valence-corrected chi connectivity index (χ4v) is 5.03.